The first-order valence-corrected chi connectivity index (χ1v) is 9.68. The second-order valence-electron chi connectivity index (χ2n) is 5.33. The Bertz CT molecular complexity index is 751. The van der Waals surface area contributed by atoms with Crippen LogP contribution in [0.4, 0.5) is 0 Å². The van der Waals surface area contributed by atoms with Crippen LogP contribution in [0.2, 0.25) is 0 Å². The maximum absolute atomic E-state index is 12.6. The van der Waals surface area contributed by atoms with E-state index >= 15 is 0 Å². The number of rotatable bonds is 3. The van der Waals surface area contributed by atoms with Gasteiger partial charge in [0, 0.05) is 25.3 Å². The zero-order chi connectivity index (χ0) is 14.7. The highest BCUT2D eigenvalue weighted by atomic mass is 32.2. The van der Waals surface area contributed by atoms with Crippen molar-refractivity contribution in [1.29, 1.82) is 0 Å². The molecule has 9 heteroatoms. The summed E-state index contributed by atoms with van der Waals surface area (Å²) in [6.45, 7) is 4.38. The first kappa shape index (κ1) is 14.0. The number of aryl methyl sites for hydroxylation is 2. The average Bonchev–Trinajstić information content (AvgIpc) is 2.99. The van der Waals surface area contributed by atoms with Gasteiger partial charge >= 0.3 is 0 Å². The Morgan fingerprint density at radius 3 is 2.60 bits per heavy atom. The van der Waals surface area contributed by atoms with E-state index < -0.39 is 31.2 Å². The van der Waals surface area contributed by atoms with E-state index in [1.54, 1.807) is 11.5 Å². The molecular formula is C11H17N3O4S2. The van der Waals surface area contributed by atoms with Gasteiger partial charge in [0.2, 0.25) is 0 Å². The number of sulfone groups is 1. The highest BCUT2D eigenvalue weighted by Crippen LogP contribution is 2.36. The van der Waals surface area contributed by atoms with Crippen LogP contribution in [0.25, 0.3) is 0 Å². The second kappa shape index (κ2) is 4.28. The third-order valence-corrected chi connectivity index (χ3v) is 8.12. The molecule has 2 bridgehead atoms. The highest BCUT2D eigenvalue weighted by molar-refractivity contribution is 7.93. The van der Waals surface area contributed by atoms with Crippen molar-refractivity contribution in [1.82, 2.24) is 13.9 Å². The molecule has 0 saturated carbocycles. The molecule has 7 nitrogen and oxygen atoms in total. The lowest BCUT2D eigenvalue weighted by Crippen LogP contribution is -2.44. The molecular weight excluding hydrogens is 302 g/mol. The van der Waals surface area contributed by atoms with Gasteiger partial charge in [-0.1, -0.05) is 0 Å². The molecule has 0 aliphatic carbocycles. The Balaban J connectivity index is 1.94. The summed E-state index contributed by atoms with van der Waals surface area (Å²) >= 11 is 0. The predicted molar refractivity (Wildman–Crippen MR) is 72.5 cm³/mol. The molecule has 2 aliphatic heterocycles. The normalized spacial score (nSPS) is 29.1. The SMILES string of the molecule is CCn1cc(S(=O)(=O)N2CC3CC2CS3(=O)=O)nc1C. The second-order valence-corrected chi connectivity index (χ2v) is 9.49. The molecule has 0 amide bonds. The Morgan fingerprint density at radius 1 is 1.45 bits per heavy atom. The quantitative estimate of drug-likeness (QED) is 0.768. The van der Waals surface area contributed by atoms with E-state index in [2.05, 4.69) is 4.98 Å². The van der Waals surface area contributed by atoms with Gasteiger partial charge in [0.05, 0.1) is 11.0 Å². The average molecular weight is 319 g/mol. The first-order valence-electron chi connectivity index (χ1n) is 6.53. The van der Waals surface area contributed by atoms with Crippen LogP contribution in [0.15, 0.2) is 11.2 Å². The van der Waals surface area contributed by atoms with Gasteiger partial charge < -0.3 is 4.57 Å². The van der Waals surface area contributed by atoms with Gasteiger partial charge in [-0.15, -0.1) is 0 Å². The molecule has 3 heterocycles. The maximum atomic E-state index is 12.6. The number of sulfonamides is 1. The summed E-state index contributed by atoms with van der Waals surface area (Å²) in [5.74, 6) is 0.577. The van der Waals surface area contributed by atoms with E-state index in [-0.39, 0.29) is 17.3 Å². The number of fused-ring (bicyclic) bond motifs is 2. The van der Waals surface area contributed by atoms with Crippen molar-refractivity contribution in [3.8, 4) is 0 Å². The van der Waals surface area contributed by atoms with Crippen molar-refractivity contribution >= 4 is 19.9 Å². The Hall–Kier alpha value is -0.930. The summed E-state index contributed by atoms with van der Waals surface area (Å²) in [6, 6.07) is -0.429. The lowest BCUT2D eigenvalue weighted by atomic mass is 10.3. The van der Waals surface area contributed by atoms with Gasteiger partial charge in [0.1, 0.15) is 5.82 Å². The van der Waals surface area contributed by atoms with Gasteiger partial charge in [-0.2, -0.15) is 4.31 Å². The molecule has 112 valence electrons. The van der Waals surface area contributed by atoms with Crippen molar-refractivity contribution in [2.75, 3.05) is 12.3 Å². The van der Waals surface area contributed by atoms with E-state index in [1.165, 1.54) is 10.5 Å². The Kier molecular flexibility index (Phi) is 3.00. The monoisotopic (exact) mass is 319 g/mol. The molecule has 0 N–H and O–H groups in total. The van der Waals surface area contributed by atoms with Crippen molar-refractivity contribution in [2.24, 2.45) is 0 Å². The number of nitrogens with zero attached hydrogens (tertiary/aromatic N) is 3. The van der Waals surface area contributed by atoms with Crippen molar-refractivity contribution in [2.45, 2.75) is 43.1 Å². The van der Waals surface area contributed by atoms with Gasteiger partial charge in [-0.3, -0.25) is 0 Å². The number of imidazole rings is 1. The molecule has 0 radical (unpaired) electrons. The fourth-order valence-electron chi connectivity index (χ4n) is 3.00. The zero-order valence-electron chi connectivity index (χ0n) is 11.4. The van der Waals surface area contributed by atoms with Crippen LogP contribution in [-0.4, -0.2) is 54.3 Å². The van der Waals surface area contributed by atoms with Crippen LogP contribution in [0.1, 0.15) is 19.2 Å². The minimum atomic E-state index is -3.69. The van der Waals surface area contributed by atoms with Crippen molar-refractivity contribution in [3.63, 3.8) is 0 Å². The highest BCUT2D eigenvalue weighted by Gasteiger charge is 2.53. The minimum Gasteiger partial charge on any atom is -0.334 e. The van der Waals surface area contributed by atoms with E-state index in [4.69, 9.17) is 0 Å². The van der Waals surface area contributed by atoms with Crippen LogP contribution in [0.3, 0.4) is 0 Å². The van der Waals surface area contributed by atoms with Crippen LogP contribution in [-0.2, 0) is 26.4 Å². The van der Waals surface area contributed by atoms with E-state index in [9.17, 15) is 16.8 Å². The molecule has 1 aromatic rings. The summed E-state index contributed by atoms with van der Waals surface area (Å²) in [7, 11) is -6.80. The number of hydrogen-bond acceptors (Lipinski definition) is 5. The fourth-order valence-corrected chi connectivity index (χ4v) is 6.89. The van der Waals surface area contributed by atoms with Gasteiger partial charge in [-0.05, 0) is 20.3 Å². The third-order valence-electron chi connectivity index (χ3n) is 4.13. The largest absolute Gasteiger partial charge is 0.334 e. The summed E-state index contributed by atoms with van der Waals surface area (Å²) in [6.07, 6.45) is 1.93. The zero-order valence-corrected chi connectivity index (χ0v) is 13.0. The van der Waals surface area contributed by atoms with E-state index in [0.29, 0.717) is 18.8 Å². The lowest BCUT2D eigenvalue weighted by molar-refractivity contribution is 0.401. The van der Waals surface area contributed by atoms with Gasteiger partial charge in [0.25, 0.3) is 10.0 Å². The molecule has 0 spiro atoms. The molecule has 2 fully saturated rings. The lowest BCUT2D eigenvalue weighted by Gasteiger charge is -2.24. The molecule has 20 heavy (non-hydrogen) atoms. The molecule has 1 aromatic heterocycles. The standard InChI is InChI=1S/C11H17N3O4S2/c1-3-13-6-11(12-8(13)2)20(17,18)14-5-10-4-9(14)7-19(10,15)16/h6,9-10H,3-5,7H2,1-2H3. The molecule has 2 unspecified atom stereocenters. The van der Waals surface area contributed by atoms with Crippen LogP contribution in [0.5, 0.6) is 0 Å². The van der Waals surface area contributed by atoms with E-state index in [1.807, 2.05) is 6.92 Å². The Labute approximate surface area is 118 Å². The number of aromatic nitrogens is 2. The van der Waals surface area contributed by atoms with E-state index in [0.717, 1.165) is 0 Å². The molecule has 0 aromatic carbocycles. The number of hydrogen-bond donors (Lipinski definition) is 0. The van der Waals surface area contributed by atoms with Gasteiger partial charge in [-0.25, -0.2) is 21.8 Å². The maximum Gasteiger partial charge on any atom is 0.262 e. The predicted octanol–water partition coefficient (Wildman–Crippen LogP) is -0.229. The molecule has 2 saturated heterocycles. The summed E-state index contributed by atoms with van der Waals surface area (Å²) < 4.78 is 51.6. The summed E-state index contributed by atoms with van der Waals surface area (Å²) in [5.41, 5.74) is 0. The molecule has 2 atom stereocenters. The minimum absolute atomic E-state index is 0.0156. The molecule has 3 rings (SSSR count). The summed E-state index contributed by atoms with van der Waals surface area (Å²) in [4.78, 5) is 4.10. The summed E-state index contributed by atoms with van der Waals surface area (Å²) in [5, 5.41) is -0.529. The third kappa shape index (κ3) is 1.91. The van der Waals surface area contributed by atoms with Crippen LogP contribution >= 0.6 is 0 Å². The topological polar surface area (TPSA) is 89.3 Å². The fraction of sp³-hybridized carbons (Fsp3) is 0.727. The van der Waals surface area contributed by atoms with Crippen molar-refractivity contribution in [3.05, 3.63) is 12.0 Å². The van der Waals surface area contributed by atoms with Gasteiger partial charge in [0.15, 0.2) is 14.9 Å². The first-order chi connectivity index (χ1) is 9.25. The Morgan fingerprint density at radius 2 is 2.15 bits per heavy atom. The van der Waals surface area contributed by atoms with Crippen molar-refractivity contribution < 1.29 is 16.8 Å². The smallest absolute Gasteiger partial charge is 0.262 e. The van der Waals surface area contributed by atoms with Crippen LogP contribution in [0, 0.1) is 6.92 Å². The van der Waals surface area contributed by atoms with Crippen LogP contribution < -0.4 is 0 Å². The molecule has 2 aliphatic rings.